The maximum absolute atomic E-state index is 12.9. The van der Waals surface area contributed by atoms with E-state index in [0.29, 0.717) is 17.5 Å². The van der Waals surface area contributed by atoms with Gasteiger partial charge in [-0.2, -0.15) is 22.5 Å². The fourth-order valence-electron chi connectivity index (χ4n) is 3.49. The van der Waals surface area contributed by atoms with Crippen LogP contribution in [0.25, 0.3) is 11.4 Å². The smallest absolute Gasteiger partial charge is 0.416 e. The Morgan fingerprint density at radius 1 is 1.18 bits per heavy atom. The topological polar surface area (TPSA) is 115 Å². The lowest BCUT2D eigenvalue weighted by Crippen LogP contribution is -2.40. The van der Waals surface area contributed by atoms with E-state index < -0.39 is 38.5 Å². The molecule has 3 heterocycles. The van der Waals surface area contributed by atoms with Crippen LogP contribution in [0.2, 0.25) is 0 Å². The molecule has 0 bridgehead atoms. The fraction of sp³-hybridized carbons (Fsp3) is 0.333. The molecule has 0 unspecified atom stereocenters. The third-order valence-electron chi connectivity index (χ3n) is 5.31. The lowest BCUT2D eigenvalue weighted by Gasteiger charge is -2.30. The number of piperidine rings is 1. The molecule has 13 heteroatoms. The van der Waals surface area contributed by atoms with Crippen LogP contribution in [0.4, 0.5) is 13.2 Å². The van der Waals surface area contributed by atoms with E-state index in [1.165, 1.54) is 0 Å². The van der Waals surface area contributed by atoms with Gasteiger partial charge in [-0.15, -0.1) is 0 Å². The summed E-state index contributed by atoms with van der Waals surface area (Å²) in [5.41, 5.74) is -0.405. The van der Waals surface area contributed by atoms with Gasteiger partial charge in [0.05, 0.1) is 16.4 Å². The summed E-state index contributed by atoms with van der Waals surface area (Å²) in [4.78, 5) is 20.1. The Morgan fingerprint density at radius 2 is 1.94 bits per heavy atom. The van der Waals surface area contributed by atoms with E-state index in [0.717, 1.165) is 22.5 Å². The number of esters is 1. The highest BCUT2D eigenvalue weighted by Crippen LogP contribution is 2.32. The first-order valence-electron chi connectivity index (χ1n) is 10.2. The number of hydrogen-bond acceptors (Lipinski definition) is 8. The number of nitrogens with zero attached hydrogens (tertiary/aromatic N) is 4. The minimum absolute atomic E-state index is 0.0238. The van der Waals surface area contributed by atoms with Gasteiger partial charge in [-0.25, -0.2) is 8.42 Å². The van der Waals surface area contributed by atoms with E-state index in [2.05, 4.69) is 15.1 Å². The van der Waals surface area contributed by atoms with Crippen LogP contribution < -0.4 is 0 Å². The number of halogens is 3. The molecular weight excluding hydrogens is 477 g/mol. The molecule has 9 nitrogen and oxygen atoms in total. The van der Waals surface area contributed by atoms with Crippen LogP contribution in [0.1, 0.15) is 24.3 Å². The number of sulfonamides is 1. The van der Waals surface area contributed by atoms with Gasteiger partial charge in [0, 0.05) is 31.0 Å². The lowest BCUT2D eigenvalue weighted by atomic mass is 9.98. The number of carbonyl (C=O) groups excluding carboxylic acids is 1. The maximum Gasteiger partial charge on any atom is 0.416 e. The molecule has 0 aliphatic carbocycles. The van der Waals surface area contributed by atoms with Crippen molar-refractivity contribution in [2.75, 3.05) is 13.1 Å². The Balaban J connectivity index is 1.32. The zero-order valence-corrected chi connectivity index (χ0v) is 18.4. The third kappa shape index (κ3) is 5.25. The van der Waals surface area contributed by atoms with Crippen LogP contribution in [0.5, 0.6) is 0 Å². The van der Waals surface area contributed by atoms with Crippen molar-refractivity contribution in [3.8, 4) is 11.4 Å². The second kappa shape index (κ2) is 9.50. The summed E-state index contributed by atoms with van der Waals surface area (Å²) in [5.74, 6) is -0.713. The molecule has 1 fully saturated rings. The van der Waals surface area contributed by atoms with E-state index in [-0.39, 0.29) is 38.4 Å². The summed E-state index contributed by atoms with van der Waals surface area (Å²) in [6, 6.07) is 7.05. The van der Waals surface area contributed by atoms with E-state index >= 15 is 0 Å². The minimum atomic E-state index is -4.65. The molecule has 180 valence electrons. The second-order valence-corrected chi connectivity index (χ2v) is 9.50. The van der Waals surface area contributed by atoms with Crippen LogP contribution >= 0.6 is 0 Å². The van der Waals surface area contributed by atoms with Crippen molar-refractivity contribution in [3.63, 3.8) is 0 Å². The molecule has 4 rings (SSSR count). The molecule has 2 aromatic heterocycles. The SMILES string of the molecule is O=C(OCc1nc(-c2cccnc2)no1)C1CCN(S(=O)(=O)c2cccc(C(F)(F)F)c2)CC1. The van der Waals surface area contributed by atoms with Crippen LogP contribution in [-0.2, 0) is 32.3 Å². The van der Waals surface area contributed by atoms with Gasteiger partial charge >= 0.3 is 12.1 Å². The Labute approximate surface area is 192 Å². The molecule has 0 N–H and O–H groups in total. The normalized spacial score (nSPS) is 15.9. The molecule has 0 amide bonds. The summed E-state index contributed by atoms with van der Waals surface area (Å²) in [7, 11) is -4.13. The summed E-state index contributed by atoms with van der Waals surface area (Å²) in [5, 5.41) is 3.80. The molecule has 0 radical (unpaired) electrons. The Morgan fingerprint density at radius 3 is 2.62 bits per heavy atom. The van der Waals surface area contributed by atoms with Crippen molar-refractivity contribution in [3.05, 3.63) is 60.2 Å². The molecule has 0 spiro atoms. The molecule has 34 heavy (non-hydrogen) atoms. The van der Waals surface area contributed by atoms with Gasteiger partial charge in [-0.1, -0.05) is 11.2 Å². The summed E-state index contributed by atoms with van der Waals surface area (Å²) in [6.45, 7) is -0.289. The highest BCUT2D eigenvalue weighted by Gasteiger charge is 2.35. The molecule has 3 aromatic rings. The molecule has 1 saturated heterocycles. The van der Waals surface area contributed by atoms with Gasteiger partial charge in [-0.05, 0) is 43.2 Å². The van der Waals surface area contributed by atoms with Crippen molar-refractivity contribution >= 4 is 16.0 Å². The van der Waals surface area contributed by atoms with Crippen LogP contribution in [0.3, 0.4) is 0 Å². The zero-order valence-electron chi connectivity index (χ0n) is 17.6. The third-order valence-corrected chi connectivity index (χ3v) is 7.21. The first kappa shape index (κ1) is 23.8. The zero-order chi connectivity index (χ0) is 24.3. The fourth-order valence-corrected chi connectivity index (χ4v) is 5.01. The lowest BCUT2D eigenvalue weighted by molar-refractivity contribution is -0.152. The summed E-state index contributed by atoms with van der Waals surface area (Å²) in [6.07, 6.45) is -1.16. The van der Waals surface area contributed by atoms with E-state index in [1.54, 1.807) is 24.5 Å². The van der Waals surface area contributed by atoms with Crippen molar-refractivity contribution < 1.29 is 35.6 Å². The predicted molar refractivity (Wildman–Crippen MR) is 110 cm³/mol. The van der Waals surface area contributed by atoms with Crippen LogP contribution in [0.15, 0.2) is 58.2 Å². The van der Waals surface area contributed by atoms with Crippen molar-refractivity contribution in [1.82, 2.24) is 19.4 Å². The summed E-state index contributed by atoms with van der Waals surface area (Å²) < 4.78 is 75.8. The van der Waals surface area contributed by atoms with Gasteiger partial charge in [0.25, 0.3) is 5.89 Å². The number of pyridine rings is 1. The number of hydrogen-bond donors (Lipinski definition) is 0. The first-order chi connectivity index (χ1) is 16.1. The van der Waals surface area contributed by atoms with Gasteiger partial charge in [0.1, 0.15) is 0 Å². The molecule has 1 aliphatic heterocycles. The molecule has 0 atom stereocenters. The average Bonchev–Trinajstić information content (AvgIpc) is 3.32. The largest absolute Gasteiger partial charge is 0.455 e. The Hall–Kier alpha value is -3.32. The molecule has 0 saturated carbocycles. The molecule has 1 aliphatic rings. The maximum atomic E-state index is 12.9. The van der Waals surface area contributed by atoms with Gasteiger partial charge in [0.2, 0.25) is 15.8 Å². The number of ether oxygens (including phenoxy) is 1. The Bertz CT molecular complexity index is 1260. The number of benzene rings is 1. The van der Waals surface area contributed by atoms with E-state index in [4.69, 9.17) is 9.26 Å². The standard InChI is InChI=1S/C21H19F3N4O5S/c22-21(23,24)16-4-1-5-17(11-16)34(30,31)28-9-6-14(7-10-28)20(29)32-13-18-26-19(27-33-18)15-3-2-8-25-12-15/h1-5,8,11-12,14H,6-7,9-10,13H2. The number of rotatable bonds is 6. The number of aromatic nitrogens is 3. The van der Waals surface area contributed by atoms with Gasteiger partial charge in [0.15, 0.2) is 6.61 Å². The predicted octanol–water partition coefficient (Wildman–Crippen LogP) is 3.29. The Kier molecular flexibility index (Phi) is 6.66. The quantitative estimate of drug-likeness (QED) is 0.478. The van der Waals surface area contributed by atoms with Crippen molar-refractivity contribution in [1.29, 1.82) is 0 Å². The number of alkyl halides is 3. The first-order valence-corrected chi connectivity index (χ1v) is 11.7. The van der Waals surface area contributed by atoms with Gasteiger partial charge < -0.3 is 9.26 Å². The summed E-state index contributed by atoms with van der Waals surface area (Å²) >= 11 is 0. The van der Waals surface area contributed by atoms with Crippen LogP contribution in [0, 0.1) is 5.92 Å². The average molecular weight is 496 g/mol. The molecule has 1 aromatic carbocycles. The monoisotopic (exact) mass is 496 g/mol. The van der Waals surface area contributed by atoms with E-state index in [9.17, 15) is 26.4 Å². The number of carbonyl (C=O) groups is 1. The minimum Gasteiger partial charge on any atom is -0.455 e. The van der Waals surface area contributed by atoms with Gasteiger partial charge in [-0.3, -0.25) is 9.78 Å². The molecular formula is C21H19F3N4O5S. The highest BCUT2D eigenvalue weighted by atomic mass is 32.2. The second-order valence-electron chi connectivity index (χ2n) is 7.57. The van der Waals surface area contributed by atoms with E-state index in [1.807, 2.05) is 0 Å². The van der Waals surface area contributed by atoms with Crippen molar-refractivity contribution in [2.24, 2.45) is 5.92 Å². The van der Waals surface area contributed by atoms with Crippen molar-refractivity contribution in [2.45, 2.75) is 30.5 Å². The van der Waals surface area contributed by atoms with Crippen LogP contribution in [-0.4, -0.2) is 46.9 Å². The highest BCUT2D eigenvalue weighted by molar-refractivity contribution is 7.89.